The van der Waals surface area contributed by atoms with Crippen LogP contribution in [0.1, 0.15) is 13.3 Å². The van der Waals surface area contributed by atoms with Gasteiger partial charge in [0.2, 0.25) is 0 Å². The van der Waals surface area contributed by atoms with Gasteiger partial charge >= 0.3 is 0 Å². The summed E-state index contributed by atoms with van der Waals surface area (Å²) in [7, 11) is 1.91. The molecule has 0 aliphatic carbocycles. The fourth-order valence-electron chi connectivity index (χ4n) is 1.39. The van der Waals surface area contributed by atoms with Crippen LogP contribution in [0.15, 0.2) is 0 Å². The van der Waals surface area contributed by atoms with Gasteiger partial charge in [-0.3, -0.25) is 0 Å². The van der Waals surface area contributed by atoms with Crippen LogP contribution in [0.2, 0.25) is 0 Å². The molecule has 0 aromatic carbocycles. The summed E-state index contributed by atoms with van der Waals surface area (Å²) >= 11 is 4.86. The summed E-state index contributed by atoms with van der Waals surface area (Å²) in [4.78, 5) is 1.91. The quantitative estimate of drug-likeness (QED) is 0.582. The average molecular weight is 174 g/mol. The van der Waals surface area contributed by atoms with Gasteiger partial charge in [-0.15, -0.1) is 0 Å². The maximum absolute atomic E-state index is 5.48. The van der Waals surface area contributed by atoms with Crippen LogP contribution >= 0.6 is 12.2 Å². The van der Waals surface area contributed by atoms with Crippen molar-refractivity contribution in [1.82, 2.24) is 4.90 Å². The van der Waals surface area contributed by atoms with Gasteiger partial charge < -0.3 is 15.4 Å². The molecule has 0 aromatic heterocycles. The van der Waals surface area contributed by atoms with E-state index in [-0.39, 0.29) is 6.10 Å². The number of rotatable bonds is 1. The first kappa shape index (κ1) is 8.74. The molecule has 1 aliphatic heterocycles. The molecular formula is C7H14N2OS. The lowest BCUT2D eigenvalue weighted by Crippen LogP contribution is -2.43. The van der Waals surface area contributed by atoms with Crippen LogP contribution in [0, 0.1) is 0 Å². The maximum Gasteiger partial charge on any atom is 0.166 e. The zero-order valence-electron chi connectivity index (χ0n) is 6.91. The number of hydrogen-bond donors (Lipinski definition) is 1. The lowest BCUT2D eigenvalue weighted by molar-refractivity contribution is 0.100. The molecule has 0 bridgehead atoms. The van der Waals surface area contributed by atoms with Gasteiger partial charge in [0.1, 0.15) is 0 Å². The Kier molecular flexibility index (Phi) is 2.67. The Morgan fingerprint density at radius 3 is 2.73 bits per heavy atom. The molecule has 0 spiro atoms. The molecular weight excluding hydrogens is 160 g/mol. The number of thiocarbonyl (C=S) groups is 1. The molecule has 2 N–H and O–H groups in total. The SMILES string of the molecule is CC1OCCC1N(C)C(N)=S. The first-order valence-electron chi connectivity index (χ1n) is 3.77. The summed E-state index contributed by atoms with van der Waals surface area (Å²) in [5, 5.41) is 0.451. The predicted molar refractivity (Wildman–Crippen MR) is 48.4 cm³/mol. The summed E-state index contributed by atoms with van der Waals surface area (Å²) in [6, 6.07) is 0.368. The highest BCUT2D eigenvalue weighted by molar-refractivity contribution is 7.80. The van der Waals surface area contributed by atoms with Crippen LogP contribution < -0.4 is 5.73 Å². The minimum atomic E-state index is 0.251. The van der Waals surface area contributed by atoms with E-state index < -0.39 is 0 Å². The van der Waals surface area contributed by atoms with E-state index in [9.17, 15) is 0 Å². The molecule has 0 aromatic rings. The van der Waals surface area contributed by atoms with Crippen molar-refractivity contribution in [3.05, 3.63) is 0 Å². The standard InChI is InChI=1S/C7H14N2OS/c1-5-6(3-4-10-5)9(2)7(8)11/h5-6H,3-4H2,1-2H3,(H2,8,11). The Labute approximate surface area is 72.5 Å². The molecule has 1 aliphatic rings. The highest BCUT2D eigenvalue weighted by Crippen LogP contribution is 2.17. The fraction of sp³-hybridized carbons (Fsp3) is 0.857. The third kappa shape index (κ3) is 1.81. The topological polar surface area (TPSA) is 38.5 Å². The van der Waals surface area contributed by atoms with Crippen molar-refractivity contribution in [3.8, 4) is 0 Å². The van der Waals surface area contributed by atoms with E-state index in [1.807, 2.05) is 18.9 Å². The molecule has 1 heterocycles. The average Bonchev–Trinajstić information content (AvgIpc) is 2.33. The van der Waals surface area contributed by atoms with Gasteiger partial charge in [0, 0.05) is 13.7 Å². The van der Waals surface area contributed by atoms with Crippen molar-refractivity contribution in [1.29, 1.82) is 0 Å². The van der Waals surface area contributed by atoms with Crippen LogP contribution in [0.3, 0.4) is 0 Å². The monoisotopic (exact) mass is 174 g/mol. The van der Waals surface area contributed by atoms with E-state index >= 15 is 0 Å². The smallest absolute Gasteiger partial charge is 0.166 e. The van der Waals surface area contributed by atoms with Gasteiger partial charge in [0.15, 0.2) is 5.11 Å². The number of nitrogens with two attached hydrogens (primary N) is 1. The second-order valence-corrected chi connectivity index (χ2v) is 3.30. The molecule has 11 heavy (non-hydrogen) atoms. The van der Waals surface area contributed by atoms with Gasteiger partial charge in [0.05, 0.1) is 12.1 Å². The van der Waals surface area contributed by atoms with Crippen molar-refractivity contribution in [3.63, 3.8) is 0 Å². The summed E-state index contributed by atoms with van der Waals surface area (Å²) < 4.78 is 5.38. The molecule has 0 radical (unpaired) electrons. The first-order valence-corrected chi connectivity index (χ1v) is 4.17. The van der Waals surface area contributed by atoms with E-state index in [4.69, 9.17) is 22.7 Å². The molecule has 1 saturated heterocycles. The first-order chi connectivity index (χ1) is 5.13. The van der Waals surface area contributed by atoms with Crippen molar-refractivity contribution in [2.75, 3.05) is 13.7 Å². The molecule has 1 rings (SSSR count). The second kappa shape index (κ2) is 3.36. The fourth-order valence-corrected chi connectivity index (χ4v) is 1.53. The molecule has 0 amide bonds. The summed E-state index contributed by atoms with van der Waals surface area (Å²) in [5.74, 6) is 0. The van der Waals surface area contributed by atoms with Gasteiger partial charge in [0.25, 0.3) is 0 Å². The Hall–Kier alpha value is -0.350. The van der Waals surface area contributed by atoms with Crippen molar-refractivity contribution in [2.45, 2.75) is 25.5 Å². The van der Waals surface area contributed by atoms with E-state index in [1.54, 1.807) is 0 Å². The maximum atomic E-state index is 5.48. The molecule has 1 fully saturated rings. The number of likely N-dealkylation sites (N-methyl/N-ethyl adjacent to an activating group) is 1. The zero-order chi connectivity index (χ0) is 8.43. The van der Waals surface area contributed by atoms with Crippen LogP contribution in [-0.2, 0) is 4.74 Å². The summed E-state index contributed by atoms with van der Waals surface area (Å²) in [6.07, 6.45) is 1.27. The highest BCUT2D eigenvalue weighted by atomic mass is 32.1. The van der Waals surface area contributed by atoms with Crippen LogP contribution in [0.25, 0.3) is 0 Å². The Morgan fingerprint density at radius 2 is 2.36 bits per heavy atom. The second-order valence-electron chi connectivity index (χ2n) is 2.88. The Morgan fingerprint density at radius 1 is 1.73 bits per heavy atom. The lowest BCUT2D eigenvalue weighted by Gasteiger charge is -2.26. The minimum absolute atomic E-state index is 0.251. The summed E-state index contributed by atoms with van der Waals surface area (Å²) in [6.45, 7) is 2.87. The van der Waals surface area contributed by atoms with E-state index in [0.29, 0.717) is 11.2 Å². The van der Waals surface area contributed by atoms with Gasteiger partial charge in [-0.2, -0.15) is 0 Å². The van der Waals surface area contributed by atoms with Crippen molar-refractivity contribution >= 4 is 17.3 Å². The minimum Gasteiger partial charge on any atom is -0.376 e. The molecule has 2 unspecified atom stereocenters. The zero-order valence-corrected chi connectivity index (χ0v) is 7.73. The van der Waals surface area contributed by atoms with Gasteiger partial charge in [-0.05, 0) is 25.6 Å². The lowest BCUT2D eigenvalue weighted by atomic mass is 10.1. The third-order valence-corrected chi connectivity index (χ3v) is 2.47. The largest absolute Gasteiger partial charge is 0.376 e. The Balaban J connectivity index is 2.52. The number of hydrogen-bond acceptors (Lipinski definition) is 2. The van der Waals surface area contributed by atoms with Gasteiger partial charge in [-0.1, -0.05) is 0 Å². The number of nitrogens with zero attached hydrogens (tertiary/aromatic N) is 1. The molecule has 2 atom stereocenters. The molecule has 64 valence electrons. The van der Waals surface area contributed by atoms with Crippen molar-refractivity contribution < 1.29 is 4.74 Å². The normalized spacial score (nSPS) is 30.4. The summed E-state index contributed by atoms with van der Waals surface area (Å²) in [5.41, 5.74) is 5.48. The molecule has 0 saturated carbocycles. The van der Waals surface area contributed by atoms with Crippen LogP contribution in [0.4, 0.5) is 0 Å². The predicted octanol–water partition coefficient (Wildman–Crippen LogP) is 0.339. The molecule has 3 nitrogen and oxygen atoms in total. The van der Waals surface area contributed by atoms with E-state index in [2.05, 4.69) is 0 Å². The Bertz CT molecular complexity index is 163. The van der Waals surface area contributed by atoms with Crippen LogP contribution in [0.5, 0.6) is 0 Å². The van der Waals surface area contributed by atoms with Gasteiger partial charge in [-0.25, -0.2) is 0 Å². The van der Waals surface area contributed by atoms with E-state index in [1.165, 1.54) is 0 Å². The van der Waals surface area contributed by atoms with Crippen molar-refractivity contribution in [2.24, 2.45) is 5.73 Å². The van der Waals surface area contributed by atoms with E-state index in [0.717, 1.165) is 13.0 Å². The molecule has 4 heteroatoms. The number of ether oxygens (including phenoxy) is 1. The third-order valence-electron chi connectivity index (χ3n) is 2.18. The highest BCUT2D eigenvalue weighted by Gasteiger charge is 2.28. The van der Waals surface area contributed by atoms with Crippen LogP contribution in [-0.4, -0.2) is 35.8 Å².